The average Bonchev–Trinajstić information content (AvgIpc) is 2.76. The van der Waals surface area contributed by atoms with Crippen LogP contribution >= 0.6 is 11.8 Å². The van der Waals surface area contributed by atoms with Crippen LogP contribution in [0.25, 0.3) is 0 Å². The van der Waals surface area contributed by atoms with Crippen LogP contribution in [0.4, 0.5) is 11.4 Å². The maximum atomic E-state index is 13.0. The summed E-state index contributed by atoms with van der Waals surface area (Å²) in [6, 6.07) is 8.53. The van der Waals surface area contributed by atoms with Crippen molar-refractivity contribution >= 4 is 29.0 Å². The van der Waals surface area contributed by atoms with Gasteiger partial charge in [-0.3, -0.25) is 19.8 Å². The zero-order valence-electron chi connectivity index (χ0n) is 18.0. The van der Waals surface area contributed by atoms with Gasteiger partial charge in [-0.05, 0) is 31.0 Å². The Kier molecular flexibility index (Phi) is 7.75. The number of methoxy groups -OCH3 is 1. The third kappa shape index (κ3) is 5.68. The number of nitrogens with one attached hydrogen (secondary N) is 1. The molecule has 1 aliphatic heterocycles. The monoisotopic (exact) mass is 445 g/mol. The molecule has 1 amide bonds. The minimum atomic E-state index is -0.592. The minimum absolute atomic E-state index is 0.0768. The number of rotatable bonds is 8. The summed E-state index contributed by atoms with van der Waals surface area (Å²) in [6.07, 6.45) is 0. The van der Waals surface area contributed by atoms with E-state index in [-0.39, 0.29) is 22.7 Å². The highest BCUT2D eigenvalue weighted by Gasteiger charge is 2.25. The summed E-state index contributed by atoms with van der Waals surface area (Å²) in [5, 5.41) is 14.4. The molecule has 0 unspecified atom stereocenters. The average molecular weight is 446 g/mol. The quantitative estimate of drug-likeness (QED) is 0.483. The molecule has 3 rings (SSSR count). The molecule has 1 heterocycles. The lowest BCUT2D eigenvalue weighted by Crippen LogP contribution is -2.32. The van der Waals surface area contributed by atoms with Gasteiger partial charge in [0.2, 0.25) is 0 Å². The Balaban J connectivity index is 1.87. The molecule has 1 aliphatic rings. The summed E-state index contributed by atoms with van der Waals surface area (Å²) in [5.74, 6) is 2.18. The number of benzene rings is 2. The molecule has 0 atom stereocenters. The van der Waals surface area contributed by atoms with Gasteiger partial charge in [-0.25, -0.2) is 0 Å². The van der Waals surface area contributed by atoms with Crippen molar-refractivity contribution < 1.29 is 19.2 Å². The largest absolute Gasteiger partial charge is 0.493 e. The molecule has 2 aromatic rings. The predicted molar refractivity (Wildman–Crippen MR) is 123 cm³/mol. The normalized spacial score (nSPS) is 14.2. The van der Waals surface area contributed by atoms with Crippen molar-refractivity contribution in [3.05, 3.63) is 57.1 Å². The SMILES string of the molecule is CCOc1cc(C(=O)Nc2cc(CN3CCSCC3)ccc2C)c([N+](=O)[O-])cc1OC. The zero-order chi connectivity index (χ0) is 22.4. The lowest BCUT2D eigenvalue weighted by Gasteiger charge is -2.26. The Labute approximate surface area is 186 Å². The summed E-state index contributed by atoms with van der Waals surface area (Å²) in [6.45, 7) is 6.91. The van der Waals surface area contributed by atoms with Crippen molar-refractivity contribution in [3.8, 4) is 11.5 Å². The highest BCUT2D eigenvalue weighted by Crippen LogP contribution is 2.35. The van der Waals surface area contributed by atoms with Crippen molar-refractivity contribution in [2.75, 3.05) is 43.6 Å². The first-order valence-electron chi connectivity index (χ1n) is 10.1. The molecule has 0 radical (unpaired) electrons. The Morgan fingerprint density at radius 1 is 1.23 bits per heavy atom. The van der Waals surface area contributed by atoms with Gasteiger partial charge in [-0.1, -0.05) is 12.1 Å². The number of aryl methyl sites for hydroxylation is 1. The first-order valence-corrected chi connectivity index (χ1v) is 11.3. The highest BCUT2D eigenvalue weighted by atomic mass is 32.2. The van der Waals surface area contributed by atoms with E-state index in [0.29, 0.717) is 12.3 Å². The van der Waals surface area contributed by atoms with E-state index < -0.39 is 10.8 Å². The van der Waals surface area contributed by atoms with Crippen molar-refractivity contribution in [1.29, 1.82) is 0 Å². The first kappa shape index (κ1) is 22.9. The Bertz CT molecular complexity index is 960. The number of nitro benzene ring substituents is 1. The Morgan fingerprint density at radius 3 is 2.61 bits per heavy atom. The second-order valence-electron chi connectivity index (χ2n) is 7.20. The molecule has 31 heavy (non-hydrogen) atoms. The molecule has 1 saturated heterocycles. The number of amides is 1. The first-order chi connectivity index (χ1) is 14.9. The van der Waals surface area contributed by atoms with Crippen LogP contribution in [0.5, 0.6) is 11.5 Å². The van der Waals surface area contributed by atoms with Gasteiger partial charge < -0.3 is 14.8 Å². The number of ether oxygens (including phenoxy) is 2. The van der Waals surface area contributed by atoms with Crippen LogP contribution in [0, 0.1) is 17.0 Å². The smallest absolute Gasteiger partial charge is 0.286 e. The van der Waals surface area contributed by atoms with Gasteiger partial charge in [-0.2, -0.15) is 11.8 Å². The fourth-order valence-corrected chi connectivity index (χ4v) is 4.40. The van der Waals surface area contributed by atoms with E-state index in [1.165, 1.54) is 19.2 Å². The molecule has 0 bridgehead atoms. The molecule has 0 aromatic heterocycles. The summed E-state index contributed by atoms with van der Waals surface area (Å²) in [4.78, 5) is 26.4. The van der Waals surface area contributed by atoms with E-state index in [4.69, 9.17) is 9.47 Å². The van der Waals surface area contributed by atoms with Crippen molar-refractivity contribution in [3.63, 3.8) is 0 Å². The molecular weight excluding hydrogens is 418 g/mol. The van der Waals surface area contributed by atoms with Gasteiger partial charge in [0.05, 0.1) is 24.7 Å². The van der Waals surface area contributed by atoms with Crippen LogP contribution in [-0.4, -0.2) is 54.0 Å². The summed E-state index contributed by atoms with van der Waals surface area (Å²) in [7, 11) is 1.40. The molecule has 0 spiro atoms. The van der Waals surface area contributed by atoms with E-state index in [1.54, 1.807) is 6.92 Å². The van der Waals surface area contributed by atoms with E-state index >= 15 is 0 Å². The topological polar surface area (TPSA) is 93.9 Å². The van der Waals surface area contributed by atoms with Crippen molar-refractivity contribution in [2.24, 2.45) is 0 Å². The van der Waals surface area contributed by atoms with E-state index in [0.717, 1.165) is 42.3 Å². The van der Waals surface area contributed by atoms with Crippen LogP contribution in [0.1, 0.15) is 28.4 Å². The van der Waals surface area contributed by atoms with Crippen molar-refractivity contribution in [2.45, 2.75) is 20.4 Å². The van der Waals surface area contributed by atoms with Crippen LogP contribution in [0.15, 0.2) is 30.3 Å². The van der Waals surface area contributed by atoms with Gasteiger partial charge in [0, 0.05) is 42.9 Å². The van der Waals surface area contributed by atoms with Gasteiger partial charge in [0.25, 0.3) is 11.6 Å². The second-order valence-corrected chi connectivity index (χ2v) is 8.43. The molecule has 0 aliphatic carbocycles. The van der Waals surface area contributed by atoms with Crippen LogP contribution < -0.4 is 14.8 Å². The van der Waals surface area contributed by atoms with Gasteiger partial charge in [0.1, 0.15) is 5.56 Å². The van der Waals surface area contributed by atoms with E-state index in [1.807, 2.05) is 30.8 Å². The third-order valence-electron chi connectivity index (χ3n) is 5.08. The van der Waals surface area contributed by atoms with Crippen LogP contribution in [0.3, 0.4) is 0 Å². The van der Waals surface area contributed by atoms with Crippen LogP contribution in [0.2, 0.25) is 0 Å². The molecule has 1 N–H and O–H groups in total. The molecule has 166 valence electrons. The molecule has 2 aromatic carbocycles. The number of nitrogens with zero attached hydrogens (tertiary/aromatic N) is 2. The molecule has 1 fully saturated rings. The second kappa shape index (κ2) is 10.5. The predicted octanol–water partition coefficient (Wildman–Crippen LogP) is 4.11. The summed E-state index contributed by atoms with van der Waals surface area (Å²) < 4.78 is 10.7. The number of carbonyl (C=O) groups excluding carboxylic acids is 1. The van der Waals surface area contributed by atoms with Crippen molar-refractivity contribution in [1.82, 2.24) is 4.90 Å². The fraction of sp³-hybridized carbons (Fsp3) is 0.409. The summed E-state index contributed by atoms with van der Waals surface area (Å²) >= 11 is 1.96. The molecule has 8 nitrogen and oxygen atoms in total. The maximum absolute atomic E-state index is 13.0. The number of nitro groups is 1. The number of thioether (sulfide) groups is 1. The van der Waals surface area contributed by atoms with E-state index in [2.05, 4.69) is 16.3 Å². The number of hydrogen-bond donors (Lipinski definition) is 1. The maximum Gasteiger partial charge on any atom is 0.286 e. The van der Waals surface area contributed by atoms with Crippen LogP contribution in [-0.2, 0) is 6.54 Å². The van der Waals surface area contributed by atoms with Gasteiger partial charge in [0.15, 0.2) is 11.5 Å². The third-order valence-corrected chi connectivity index (χ3v) is 6.03. The lowest BCUT2D eigenvalue weighted by atomic mass is 10.1. The Hall–Kier alpha value is -2.78. The highest BCUT2D eigenvalue weighted by molar-refractivity contribution is 7.99. The standard InChI is InChI=1S/C22H27N3O5S/c1-4-30-21-12-17(19(25(27)28)13-20(21)29-3)22(26)23-18-11-16(6-5-15(18)2)14-24-7-9-31-10-8-24/h5-6,11-13H,4,7-10,14H2,1-3H3,(H,23,26). The Morgan fingerprint density at radius 2 is 1.97 bits per heavy atom. The van der Waals surface area contributed by atoms with E-state index in [9.17, 15) is 14.9 Å². The number of carbonyl (C=O) groups is 1. The van der Waals surface area contributed by atoms with Gasteiger partial charge >= 0.3 is 0 Å². The lowest BCUT2D eigenvalue weighted by molar-refractivity contribution is -0.385. The number of anilines is 1. The molecular formula is C22H27N3O5S. The fourth-order valence-electron chi connectivity index (χ4n) is 3.42. The number of hydrogen-bond acceptors (Lipinski definition) is 7. The molecule has 0 saturated carbocycles. The molecule has 9 heteroatoms. The zero-order valence-corrected chi connectivity index (χ0v) is 18.8. The minimum Gasteiger partial charge on any atom is -0.493 e. The van der Waals surface area contributed by atoms with Gasteiger partial charge in [-0.15, -0.1) is 0 Å². The summed E-state index contributed by atoms with van der Waals surface area (Å²) in [5.41, 5.74) is 2.20.